The molecule has 0 aliphatic carbocycles. The molecule has 0 spiro atoms. The molecule has 1 aliphatic rings. The zero-order chi connectivity index (χ0) is 18.4. The molecule has 0 radical (unpaired) electrons. The van der Waals surface area contributed by atoms with Crippen LogP contribution >= 0.6 is 0 Å². The van der Waals surface area contributed by atoms with Gasteiger partial charge in [-0.25, -0.2) is 0 Å². The number of hydrogen-bond donors (Lipinski definition) is 1. The van der Waals surface area contributed by atoms with Crippen molar-refractivity contribution in [1.29, 1.82) is 0 Å². The van der Waals surface area contributed by atoms with Crippen molar-refractivity contribution in [2.24, 2.45) is 0 Å². The molecule has 1 fully saturated rings. The van der Waals surface area contributed by atoms with Crippen LogP contribution in [-0.4, -0.2) is 47.7 Å². The number of amides is 1. The van der Waals surface area contributed by atoms with Crippen LogP contribution in [0.15, 0.2) is 54.6 Å². The van der Waals surface area contributed by atoms with E-state index >= 15 is 0 Å². The maximum Gasteiger partial charge on any atom is 0.306 e. The van der Waals surface area contributed by atoms with Crippen molar-refractivity contribution in [1.82, 2.24) is 4.90 Å². The van der Waals surface area contributed by atoms with Crippen LogP contribution in [0, 0.1) is 0 Å². The third-order valence-corrected chi connectivity index (χ3v) is 4.18. The zero-order valence-electron chi connectivity index (χ0n) is 14.3. The van der Waals surface area contributed by atoms with E-state index in [1.807, 2.05) is 30.3 Å². The second-order valence-corrected chi connectivity index (χ2v) is 6.14. The number of nitrogens with zero attached hydrogens (tertiary/aromatic N) is 1. The Morgan fingerprint density at radius 1 is 1.12 bits per heavy atom. The van der Waals surface area contributed by atoms with Crippen molar-refractivity contribution >= 4 is 11.9 Å². The summed E-state index contributed by atoms with van der Waals surface area (Å²) in [5, 5.41) is 8.87. The van der Waals surface area contributed by atoms with Gasteiger partial charge in [0.25, 0.3) is 5.91 Å². The van der Waals surface area contributed by atoms with E-state index in [2.05, 4.69) is 0 Å². The number of carbonyl (C=O) groups is 2. The normalized spacial score (nSPS) is 16.9. The minimum atomic E-state index is -0.927. The van der Waals surface area contributed by atoms with Crippen LogP contribution in [0.25, 0.3) is 0 Å². The Morgan fingerprint density at radius 3 is 2.54 bits per heavy atom. The van der Waals surface area contributed by atoms with Crippen molar-refractivity contribution in [3.63, 3.8) is 0 Å². The Morgan fingerprint density at radius 2 is 1.85 bits per heavy atom. The molecule has 1 amide bonds. The largest absolute Gasteiger partial charge is 0.489 e. The molecule has 1 N–H and O–H groups in total. The average molecular weight is 355 g/mol. The summed E-state index contributed by atoms with van der Waals surface area (Å²) in [5.74, 6) is -0.362. The number of benzene rings is 2. The topological polar surface area (TPSA) is 76.1 Å². The summed E-state index contributed by atoms with van der Waals surface area (Å²) < 4.78 is 11.1. The van der Waals surface area contributed by atoms with E-state index in [0.29, 0.717) is 31.1 Å². The van der Waals surface area contributed by atoms with E-state index in [-0.39, 0.29) is 18.9 Å². The van der Waals surface area contributed by atoms with Crippen LogP contribution in [-0.2, 0) is 16.1 Å². The Hall–Kier alpha value is -2.86. The maximum atomic E-state index is 12.6. The molecule has 1 saturated heterocycles. The molecule has 0 bridgehead atoms. The van der Waals surface area contributed by atoms with Gasteiger partial charge in [0.1, 0.15) is 12.4 Å². The van der Waals surface area contributed by atoms with E-state index in [9.17, 15) is 9.59 Å². The molecule has 6 nitrogen and oxygen atoms in total. The van der Waals surface area contributed by atoms with Crippen molar-refractivity contribution < 1.29 is 24.2 Å². The summed E-state index contributed by atoms with van der Waals surface area (Å²) in [6, 6.07) is 16.8. The predicted octanol–water partition coefficient (Wildman–Crippen LogP) is 2.58. The summed E-state index contributed by atoms with van der Waals surface area (Å²) in [4.78, 5) is 25.1. The molecule has 6 heteroatoms. The number of hydrogen-bond acceptors (Lipinski definition) is 4. The van der Waals surface area contributed by atoms with Crippen molar-refractivity contribution in [3.05, 3.63) is 65.7 Å². The van der Waals surface area contributed by atoms with Gasteiger partial charge in [0.05, 0.1) is 19.1 Å². The van der Waals surface area contributed by atoms with Gasteiger partial charge in [0, 0.05) is 18.7 Å². The number of ether oxygens (including phenoxy) is 2. The van der Waals surface area contributed by atoms with Crippen molar-refractivity contribution in [2.45, 2.75) is 19.1 Å². The summed E-state index contributed by atoms with van der Waals surface area (Å²) >= 11 is 0. The summed E-state index contributed by atoms with van der Waals surface area (Å²) in [7, 11) is 0. The fourth-order valence-corrected chi connectivity index (χ4v) is 2.84. The molecule has 0 saturated carbocycles. The van der Waals surface area contributed by atoms with Crippen LogP contribution in [0.3, 0.4) is 0 Å². The van der Waals surface area contributed by atoms with Gasteiger partial charge in [-0.3, -0.25) is 9.59 Å². The molecule has 0 aromatic heterocycles. The number of rotatable bonds is 6. The molecule has 2 aromatic rings. The Bertz CT molecular complexity index is 745. The van der Waals surface area contributed by atoms with E-state index in [4.69, 9.17) is 14.6 Å². The van der Waals surface area contributed by atoms with Gasteiger partial charge < -0.3 is 19.5 Å². The molecule has 1 unspecified atom stereocenters. The molecule has 1 atom stereocenters. The minimum Gasteiger partial charge on any atom is -0.489 e. The first-order valence-electron chi connectivity index (χ1n) is 8.51. The van der Waals surface area contributed by atoms with E-state index < -0.39 is 12.1 Å². The second kappa shape index (κ2) is 8.49. The molecule has 1 aliphatic heterocycles. The van der Waals surface area contributed by atoms with Gasteiger partial charge in [-0.15, -0.1) is 0 Å². The average Bonchev–Trinajstić information content (AvgIpc) is 2.67. The number of carboxylic acids is 1. The summed E-state index contributed by atoms with van der Waals surface area (Å²) in [6.45, 7) is 1.56. The third-order valence-electron chi connectivity index (χ3n) is 4.18. The quantitative estimate of drug-likeness (QED) is 0.862. The summed E-state index contributed by atoms with van der Waals surface area (Å²) in [6.07, 6.45) is -0.561. The Labute approximate surface area is 152 Å². The lowest BCUT2D eigenvalue weighted by Gasteiger charge is -2.32. The predicted molar refractivity (Wildman–Crippen MR) is 95.1 cm³/mol. The minimum absolute atomic E-state index is 0.101. The van der Waals surface area contributed by atoms with E-state index in [0.717, 1.165) is 5.56 Å². The highest BCUT2D eigenvalue weighted by atomic mass is 16.5. The molecular weight excluding hydrogens is 334 g/mol. The highest BCUT2D eigenvalue weighted by Gasteiger charge is 2.26. The van der Waals surface area contributed by atoms with Crippen molar-refractivity contribution in [3.8, 4) is 5.75 Å². The highest BCUT2D eigenvalue weighted by Crippen LogP contribution is 2.17. The second-order valence-electron chi connectivity index (χ2n) is 6.14. The van der Waals surface area contributed by atoms with Gasteiger partial charge in [0.15, 0.2) is 0 Å². The highest BCUT2D eigenvalue weighted by molar-refractivity contribution is 5.94. The first-order valence-corrected chi connectivity index (χ1v) is 8.51. The fraction of sp³-hybridized carbons (Fsp3) is 0.300. The lowest BCUT2D eigenvalue weighted by Crippen LogP contribution is -2.46. The van der Waals surface area contributed by atoms with Crippen molar-refractivity contribution in [2.75, 3.05) is 19.7 Å². The molecule has 2 aromatic carbocycles. The number of aliphatic carboxylic acids is 1. The van der Waals surface area contributed by atoms with Gasteiger partial charge in [0.2, 0.25) is 0 Å². The first kappa shape index (κ1) is 17.9. The number of morpholine rings is 1. The molecular formula is C20H21NO5. The monoisotopic (exact) mass is 355 g/mol. The zero-order valence-corrected chi connectivity index (χ0v) is 14.3. The third kappa shape index (κ3) is 4.83. The van der Waals surface area contributed by atoms with Crippen LogP contribution in [0.1, 0.15) is 22.3 Å². The number of carbonyl (C=O) groups excluding carboxylic acids is 1. The number of carboxylic acid groups (broad SMARTS) is 1. The molecule has 3 rings (SSSR count). The van der Waals surface area contributed by atoms with E-state index in [1.54, 1.807) is 29.2 Å². The molecule has 136 valence electrons. The van der Waals surface area contributed by atoms with Crippen LogP contribution in [0.2, 0.25) is 0 Å². The maximum absolute atomic E-state index is 12.6. The van der Waals surface area contributed by atoms with Gasteiger partial charge in [-0.05, 0) is 29.8 Å². The SMILES string of the molecule is O=C(O)CC1CN(C(=O)c2ccc(OCc3ccccc3)cc2)CCO1. The fourth-order valence-electron chi connectivity index (χ4n) is 2.84. The van der Waals surface area contributed by atoms with Gasteiger partial charge >= 0.3 is 5.97 Å². The first-order chi connectivity index (χ1) is 12.6. The smallest absolute Gasteiger partial charge is 0.306 e. The Balaban J connectivity index is 1.57. The molecule has 1 heterocycles. The van der Waals surface area contributed by atoms with Crippen LogP contribution in [0.4, 0.5) is 0 Å². The van der Waals surface area contributed by atoms with Gasteiger partial charge in [-0.2, -0.15) is 0 Å². The van der Waals surface area contributed by atoms with Gasteiger partial charge in [-0.1, -0.05) is 30.3 Å². The van der Waals surface area contributed by atoms with Crippen LogP contribution in [0.5, 0.6) is 5.75 Å². The van der Waals surface area contributed by atoms with Crippen LogP contribution < -0.4 is 4.74 Å². The Kier molecular flexibility index (Phi) is 5.86. The lowest BCUT2D eigenvalue weighted by molar-refractivity contribution is -0.141. The standard InChI is InChI=1S/C20H21NO5/c22-19(23)12-18-13-21(10-11-25-18)20(24)16-6-8-17(9-7-16)26-14-15-4-2-1-3-5-15/h1-9,18H,10-14H2,(H,22,23). The summed E-state index contributed by atoms with van der Waals surface area (Å²) in [5.41, 5.74) is 1.62. The lowest BCUT2D eigenvalue weighted by atomic mass is 10.1. The molecule has 26 heavy (non-hydrogen) atoms. The van der Waals surface area contributed by atoms with E-state index in [1.165, 1.54) is 0 Å².